The van der Waals surface area contributed by atoms with Gasteiger partial charge in [0.1, 0.15) is 0 Å². The summed E-state index contributed by atoms with van der Waals surface area (Å²) >= 11 is 0. The number of rotatable bonds is 2. The lowest BCUT2D eigenvalue weighted by molar-refractivity contribution is 0.212. The molecule has 2 saturated carbocycles. The van der Waals surface area contributed by atoms with Gasteiger partial charge in [-0.1, -0.05) is 33.1 Å². The lowest BCUT2D eigenvalue weighted by Gasteiger charge is -2.35. The zero-order valence-electron chi connectivity index (χ0n) is 13.7. The molecule has 22 heavy (non-hydrogen) atoms. The molecule has 0 amide bonds. The van der Waals surface area contributed by atoms with Crippen molar-refractivity contribution >= 4 is 12.2 Å². The van der Waals surface area contributed by atoms with E-state index in [1.165, 1.54) is 31.4 Å². The molecule has 2 atom stereocenters. The molecule has 6 nitrogen and oxygen atoms in total. The van der Waals surface area contributed by atoms with E-state index >= 15 is 0 Å². The Hall–Kier alpha value is -1.32. The first kappa shape index (κ1) is 18.7. The maximum absolute atomic E-state index is 10.2. The van der Waals surface area contributed by atoms with Gasteiger partial charge in [0, 0.05) is 5.92 Å². The molecule has 6 heteroatoms. The van der Waals surface area contributed by atoms with Crippen LogP contribution in [0.4, 0.5) is 0 Å². The molecule has 0 heterocycles. The van der Waals surface area contributed by atoms with Crippen LogP contribution in [0.15, 0.2) is 9.98 Å². The summed E-state index contributed by atoms with van der Waals surface area (Å²) in [5.74, 6) is 0.635. The second-order valence-electron chi connectivity index (χ2n) is 6.69. The Morgan fingerprint density at radius 3 is 1.73 bits per heavy atom. The van der Waals surface area contributed by atoms with Gasteiger partial charge in [-0.2, -0.15) is 9.98 Å². The first-order valence-corrected chi connectivity index (χ1v) is 8.14. The van der Waals surface area contributed by atoms with Crippen molar-refractivity contribution in [3.63, 3.8) is 0 Å². The van der Waals surface area contributed by atoms with Gasteiger partial charge in [0.15, 0.2) is 5.66 Å². The van der Waals surface area contributed by atoms with Crippen LogP contribution in [0.1, 0.15) is 65.2 Å². The van der Waals surface area contributed by atoms with Gasteiger partial charge < -0.3 is 11.5 Å². The van der Waals surface area contributed by atoms with Crippen LogP contribution in [-0.4, -0.2) is 23.5 Å². The molecule has 4 N–H and O–H groups in total. The smallest absolute Gasteiger partial charge is 0.237 e. The quantitative estimate of drug-likeness (QED) is 0.463. The van der Waals surface area contributed by atoms with E-state index in [-0.39, 0.29) is 11.6 Å². The second kappa shape index (κ2) is 8.35. The number of hydrogen-bond donors (Lipinski definition) is 2. The van der Waals surface area contributed by atoms with Crippen LogP contribution >= 0.6 is 0 Å². The van der Waals surface area contributed by atoms with Gasteiger partial charge in [-0.05, 0) is 38.0 Å². The Morgan fingerprint density at radius 1 is 0.864 bits per heavy atom. The highest BCUT2D eigenvalue weighted by Gasteiger charge is 2.38. The van der Waals surface area contributed by atoms with Crippen molar-refractivity contribution in [3.05, 3.63) is 0 Å². The van der Waals surface area contributed by atoms with Gasteiger partial charge in [0.25, 0.3) is 0 Å². The summed E-state index contributed by atoms with van der Waals surface area (Å²) in [5, 5.41) is 0. The zero-order chi connectivity index (χ0) is 16.6. The van der Waals surface area contributed by atoms with Crippen LogP contribution in [0, 0.1) is 11.8 Å². The third kappa shape index (κ3) is 4.85. The largest absolute Gasteiger partial charge is 0.313 e. The van der Waals surface area contributed by atoms with E-state index in [0.29, 0.717) is 12.3 Å². The van der Waals surface area contributed by atoms with Crippen molar-refractivity contribution in [2.45, 2.75) is 76.5 Å². The van der Waals surface area contributed by atoms with Gasteiger partial charge >= 0.3 is 0 Å². The van der Waals surface area contributed by atoms with Gasteiger partial charge in [-0.25, -0.2) is 9.59 Å². The molecule has 0 aromatic heterocycles. The summed E-state index contributed by atoms with van der Waals surface area (Å²) < 4.78 is 0. The summed E-state index contributed by atoms with van der Waals surface area (Å²) in [6, 6.07) is 0. The fraction of sp³-hybridized carbons (Fsp3) is 0.875. The Morgan fingerprint density at radius 2 is 1.36 bits per heavy atom. The van der Waals surface area contributed by atoms with Gasteiger partial charge in [0.05, 0.1) is 5.66 Å². The molecule has 0 aliphatic heterocycles. The lowest BCUT2D eigenvalue weighted by atomic mass is 9.81. The maximum atomic E-state index is 10.2. The van der Waals surface area contributed by atoms with Crippen LogP contribution in [0.25, 0.3) is 0 Å². The maximum Gasteiger partial charge on any atom is 0.237 e. The summed E-state index contributed by atoms with van der Waals surface area (Å²) in [7, 11) is 0. The van der Waals surface area contributed by atoms with E-state index in [2.05, 4.69) is 16.9 Å². The molecule has 0 radical (unpaired) electrons. The summed E-state index contributed by atoms with van der Waals surface area (Å²) in [6.07, 6.45) is 11.3. The number of isocyanates is 2. The van der Waals surface area contributed by atoms with E-state index < -0.39 is 5.66 Å². The van der Waals surface area contributed by atoms with Crippen LogP contribution in [-0.2, 0) is 9.59 Å². The molecule has 2 fully saturated rings. The molecular formula is C16H28N4O2. The molecule has 2 aliphatic rings. The molecule has 0 aromatic rings. The van der Waals surface area contributed by atoms with E-state index in [1.54, 1.807) is 0 Å². The van der Waals surface area contributed by atoms with Crippen LogP contribution in [0.5, 0.6) is 0 Å². The van der Waals surface area contributed by atoms with E-state index in [9.17, 15) is 9.59 Å². The van der Waals surface area contributed by atoms with Crippen LogP contribution in [0.2, 0.25) is 0 Å². The molecule has 0 aromatic carbocycles. The Kier molecular flexibility index (Phi) is 7.11. The first-order chi connectivity index (χ1) is 10.4. The first-order valence-electron chi connectivity index (χ1n) is 8.14. The Balaban J connectivity index is 0.000000235. The number of nitrogens with two attached hydrogens (primary N) is 2. The van der Waals surface area contributed by atoms with Crippen LogP contribution in [0.3, 0.4) is 0 Å². The predicted octanol–water partition coefficient (Wildman–Crippen LogP) is 2.37. The minimum atomic E-state index is -0.859. The molecule has 0 bridgehead atoms. The molecule has 124 valence electrons. The highest BCUT2D eigenvalue weighted by atomic mass is 16.1. The second-order valence-corrected chi connectivity index (χ2v) is 6.69. The molecule has 2 unspecified atom stereocenters. The normalized spacial score (nSPS) is 33.5. The minimum Gasteiger partial charge on any atom is -0.313 e. The molecule has 2 aliphatic carbocycles. The van der Waals surface area contributed by atoms with Crippen molar-refractivity contribution in [3.8, 4) is 0 Å². The third-order valence-corrected chi connectivity index (χ3v) is 5.11. The molecule has 2 rings (SSSR count). The van der Waals surface area contributed by atoms with Gasteiger partial charge in [-0.15, -0.1) is 0 Å². The standard InChI is InChI=1S/C9H12N2O2.C7H16N2/c1-8-4-2-3-5-9(8,10-6-12)11-7-13;1-6-4-2-3-5-7(6,8)9/h8H,2-5H2,1H3;6H,2-5,8-9H2,1H3. The topological polar surface area (TPSA) is 111 Å². The monoisotopic (exact) mass is 308 g/mol. The van der Waals surface area contributed by atoms with E-state index in [1.807, 2.05) is 6.92 Å². The van der Waals surface area contributed by atoms with Gasteiger partial charge in [0.2, 0.25) is 12.2 Å². The van der Waals surface area contributed by atoms with Crippen LogP contribution < -0.4 is 11.5 Å². The van der Waals surface area contributed by atoms with E-state index in [0.717, 1.165) is 25.7 Å². The number of hydrogen-bond acceptors (Lipinski definition) is 6. The summed E-state index contributed by atoms with van der Waals surface area (Å²) in [5.41, 5.74) is 10.4. The van der Waals surface area contributed by atoms with Gasteiger partial charge in [-0.3, -0.25) is 0 Å². The highest BCUT2D eigenvalue weighted by Crippen LogP contribution is 2.37. The van der Waals surface area contributed by atoms with Crippen molar-refractivity contribution < 1.29 is 9.59 Å². The number of aliphatic imine (C=N–C) groups is 2. The number of carbonyl (C=O) groups excluding carboxylic acids is 2. The molecule has 0 spiro atoms. The highest BCUT2D eigenvalue weighted by molar-refractivity contribution is 5.39. The fourth-order valence-electron chi connectivity index (χ4n) is 3.23. The zero-order valence-corrected chi connectivity index (χ0v) is 13.7. The van der Waals surface area contributed by atoms with Crippen molar-refractivity contribution in [1.82, 2.24) is 0 Å². The fourth-order valence-corrected chi connectivity index (χ4v) is 3.23. The molecular weight excluding hydrogens is 280 g/mol. The average Bonchev–Trinajstić information content (AvgIpc) is 2.47. The van der Waals surface area contributed by atoms with Crippen molar-refractivity contribution in [1.29, 1.82) is 0 Å². The summed E-state index contributed by atoms with van der Waals surface area (Å²) in [4.78, 5) is 27.7. The summed E-state index contributed by atoms with van der Waals surface area (Å²) in [6.45, 7) is 4.08. The predicted molar refractivity (Wildman–Crippen MR) is 85.3 cm³/mol. The number of nitrogens with zero attached hydrogens (tertiary/aromatic N) is 2. The lowest BCUT2D eigenvalue weighted by Crippen LogP contribution is -2.56. The average molecular weight is 308 g/mol. The Labute approximate surface area is 132 Å². The molecule has 0 saturated heterocycles. The van der Waals surface area contributed by atoms with Crippen molar-refractivity contribution in [2.75, 3.05) is 0 Å². The third-order valence-electron chi connectivity index (χ3n) is 5.11. The Bertz CT molecular complexity index is 433. The van der Waals surface area contributed by atoms with Crippen molar-refractivity contribution in [2.24, 2.45) is 33.3 Å². The SMILES string of the molecule is CC1CCCCC1(N)N.CC1CCCCC1(N=C=O)N=C=O. The van der Waals surface area contributed by atoms with E-state index in [4.69, 9.17) is 11.5 Å². The minimum absolute atomic E-state index is 0.129.